The van der Waals surface area contributed by atoms with Crippen LogP contribution in [-0.2, 0) is 0 Å². The van der Waals surface area contributed by atoms with Crippen molar-refractivity contribution in [1.29, 1.82) is 0 Å². The summed E-state index contributed by atoms with van der Waals surface area (Å²) in [7, 11) is 0. The maximum Gasteiger partial charge on any atom is 0.248 e. The zero-order valence-corrected chi connectivity index (χ0v) is 12.8. The smallest absolute Gasteiger partial charge is 0.248 e. The van der Waals surface area contributed by atoms with Gasteiger partial charge in [0.1, 0.15) is 0 Å². The second-order valence-corrected chi connectivity index (χ2v) is 5.83. The normalized spacial score (nSPS) is 15.9. The maximum absolute atomic E-state index is 5.96. The fourth-order valence-electron chi connectivity index (χ4n) is 2.30. The van der Waals surface area contributed by atoms with Crippen molar-refractivity contribution in [2.45, 2.75) is 18.9 Å². The lowest BCUT2D eigenvalue weighted by Gasteiger charge is -2.22. The van der Waals surface area contributed by atoms with Gasteiger partial charge in [0.2, 0.25) is 11.9 Å². The van der Waals surface area contributed by atoms with Crippen LogP contribution in [0.5, 0.6) is 0 Å². The Morgan fingerprint density at radius 2 is 1.81 bits per heavy atom. The van der Waals surface area contributed by atoms with Gasteiger partial charge in [-0.05, 0) is 44.1 Å². The number of hydrogen-bond acceptors (Lipinski definition) is 5. The highest BCUT2D eigenvalue weighted by molar-refractivity contribution is 6.35. The third kappa shape index (κ3) is 4.00. The maximum atomic E-state index is 5.96. The van der Waals surface area contributed by atoms with Crippen LogP contribution >= 0.6 is 23.2 Å². The summed E-state index contributed by atoms with van der Waals surface area (Å²) in [6.45, 7) is 2.05. The van der Waals surface area contributed by atoms with E-state index in [1.807, 2.05) is 0 Å². The zero-order valence-electron chi connectivity index (χ0n) is 11.3. The van der Waals surface area contributed by atoms with Crippen molar-refractivity contribution in [2.75, 3.05) is 23.7 Å². The second-order valence-electron chi connectivity index (χ2n) is 4.96. The first kappa shape index (κ1) is 14.4. The van der Waals surface area contributed by atoms with Crippen LogP contribution in [0.25, 0.3) is 0 Å². The van der Waals surface area contributed by atoms with Crippen molar-refractivity contribution >= 4 is 40.8 Å². The molecule has 8 heteroatoms. The predicted molar refractivity (Wildman–Crippen MR) is 85.6 cm³/mol. The van der Waals surface area contributed by atoms with E-state index in [1.54, 1.807) is 18.2 Å². The Morgan fingerprint density at radius 3 is 2.52 bits per heavy atom. The monoisotopic (exact) mass is 326 g/mol. The molecule has 1 aliphatic rings. The molecule has 0 atom stereocenters. The number of piperidine rings is 1. The summed E-state index contributed by atoms with van der Waals surface area (Å²) in [6.07, 6.45) is 2.15. The Bertz CT molecular complexity index is 588. The van der Waals surface area contributed by atoms with Crippen molar-refractivity contribution in [3.8, 4) is 0 Å². The molecule has 0 saturated carbocycles. The number of nitrogens with one attached hydrogen (secondary N) is 4. The molecule has 21 heavy (non-hydrogen) atoms. The van der Waals surface area contributed by atoms with E-state index < -0.39 is 0 Å². The Hall–Kier alpha value is -1.50. The highest BCUT2D eigenvalue weighted by atomic mass is 35.5. The van der Waals surface area contributed by atoms with Crippen molar-refractivity contribution < 1.29 is 0 Å². The van der Waals surface area contributed by atoms with Gasteiger partial charge < -0.3 is 16.0 Å². The van der Waals surface area contributed by atoms with Gasteiger partial charge in [0.05, 0.1) is 0 Å². The van der Waals surface area contributed by atoms with Gasteiger partial charge in [-0.3, -0.25) is 0 Å². The molecule has 1 aromatic heterocycles. The Kier molecular flexibility index (Phi) is 4.48. The van der Waals surface area contributed by atoms with Gasteiger partial charge in [0.15, 0.2) is 0 Å². The largest absolute Gasteiger partial charge is 0.352 e. The van der Waals surface area contributed by atoms with E-state index in [1.165, 1.54) is 0 Å². The molecule has 1 aromatic carbocycles. The van der Waals surface area contributed by atoms with Gasteiger partial charge in [-0.2, -0.15) is 4.98 Å². The number of nitrogens with zero attached hydrogens (tertiary/aromatic N) is 2. The van der Waals surface area contributed by atoms with Gasteiger partial charge in [-0.25, -0.2) is 5.10 Å². The lowest BCUT2D eigenvalue weighted by Crippen LogP contribution is -2.35. The molecular formula is C13H16Cl2N6. The molecular weight excluding hydrogens is 311 g/mol. The summed E-state index contributed by atoms with van der Waals surface area (Å²) in [5, 5.41) is 17.9. The molecule has 0 unspecified atom stereocenters. The molecule has 2 aromatic rings. The molecule has 6 nitrogen and oxygen atoms in total. The zero-order chi connectivity index (χ0) is 14.7. The van der Waals surface area contributed by atoms with E-state index in [0.717, 1.165) is 31.6 Å². The van der Waals surface area contributed by atoms with Crippen molar-refractivity contribution in [3.05, 3.63) is 28.2 Å². The first-order chi connectivity index (χ1) is 10.2. The van der Waals surface area contributed by atoms with Gasteiger partial charge >= 0.3 is 0 Å². The number of hydrogen-bond donors (Lipinski definition) is 4. The Balaban J connectivity index is 1.64. The molecule has 3 rings (SSSR count). The van der Waals surface area contributed by atoms with E-state index in [2.05, 4.69) is 31.1 Å². The molecule has 0 spiro atoms. The van der Waals surface area contributed by atoms with Crippen molar-refractivity contribution in [1.82, 2.24) is 20.5 Å². The summed E-state index contributed by atoms with van der Waals surface area (Å²) in [5.41, 5.74) is 0.750. The number of aromatic nitrogens is 3. The second kappa shape index (κ2) is 6.51. The molecule has 1 fully saturated rings. The van der Waals surface area contributed by atoms with E-state index >= 15 is 0 Å². The average Bonchev–Trinajstić information content (AvgIpc) is 2.86. The minimum Gasteiger partial charge on any atom is -0.352 e. The molecule has 1 saturated heterocycles. The Morgan fingerprint density at radius 1 is 1.10 bits per heavy atom. The highest BCUT2D eigenvalue weighted by Crippen LogP contribution is 2.24. The first-order valence-corrected chi connectivity index (χ1v) is 7.57. The van der Waals surface area contributed by atoms with Gasteiger partial charge in [0.25, 0.3) is 0 Å². The Labute approximate surface area is 132 Å². The quantitative estimate of drug-likeness (QED) is 0.694. The molecule has 4 N–H and O–H groups in total. The van der Waals surface area contributed by atoms with Crippen molar-refractivity contribution in [3.63, 3.8) is 0 Å². The molecule has 1 aliphatic heterocycles. The van der Waals surface area contributed by atoms with E-state index in [9.17, 15) is 0 Å². The molecule has 0 bridgehead atoms. The molecule has 0 amide bonds. The summed E-state index contributed by atoms with van der Waals surface area (Å²) in [5.74, 6) is 1.14. The number of anilines is 3. The molecule has 0 aliphatic carbocycles. The number of rotatable bonds is 4. The van der Waals surface area contributed by atoms with Gasteiger partial charge in [-0.15, -0.1) is 5.10 Å². The van der Waals surface area contributed by atoms with Crippen LogP contribution in [-0.4, -0.2) is 34.3 Å². The number of aromatic amines is 1. The van der Waals surface area contributed by atoms with Crippen LogP contribution in [0.3, 0.4) is 0 Å². The van der Waals surface area contributed by atoms with Crippen LogP contribution in [0.4, 0.5) is 17.6 Å². The van der Waals surface area contributed by atoms with Crippen LogP contribution in [0, 0.1) is 0 Å². The summed E-state index contributed by atoms with van der Waals surface area (Å²) in [6, 6.07) is 5.64. The number of halogens is 2. The number of H-pyrrole nitrogens is 1. The van der Waals surface area contributed by atoms with Crippen LogP contribution in [0.2, 0.25) is 10.0 Å². The van der Waals surface area contributed by atoms with Crippen LogP contribution < -0.4 is 16.0 Å². The van der Waals surface area contributed by atoms with Gasteiger partial charge in [-0.1, -0.05) is 23.2 Å². The first-order valence-electron chi connectivity index (χ1n) is 6.82. The number of benzene rings is 1. The molecule has 2 heterocycles. The minimum absolute atomic E-state index is 0.424. The topological polar surface area (TPSA) is 77.7 Å². The lowest BCUT2D eigenvalue weighted by molar-refractivity contribution is 0.477. The minimum atomic E-state index is 0.424. The standard InChI is InChI=1S/C13H16Cl2N6/c14-8-5-9(15)7-11(6-8)18-13-19-12(20-21-13)17-10-1-3-16-4-2-10/h5-7,10,16H,1-4H2,(H3,17,18,19,20,21). The fraction of sp³-hybridized carbons (Fsp3) is 0.385. The van der Waals surface area contributed by atoms with E-state index in [-0.39, 0.29) is 0 Å². The van der Waals surface area contributed by atoms with Crippen LogP contribution in [0.1, 0.15) is 12.8 Å². The lowest BCUT2D eigenvalue weighted by atomic mass is 10.1. The highest BCUT2D eigenvalue weighted by Gasteiger charge is 2.14. The average molecular weight is 327 g/mol. The SMILES string of the molecule is Clc1cc(Cl)cc(Nc2n[nH]c(NC3CCNCC3)n2)c1. The summed E-state index contributed by atoms with van der Waals surface area (Å²) in [4.78, 5) is 4.36. The van der Waals surface area contributed by atoms with E-state index in [0.29, 0.717) is 28.0 Å². The van der Waals surface area contributed by atoms with E-state index in [4.69, 9.17) is 23.2 Å². The fourth-order valence-corrected chi connectivity index (χ4v) is 2.82. The third-order valence-corrected chi connectivity index (χ3v) is 3.72. The molecule has 0 radical (unpaired) electrons. The summed E-state index contributed by atoms with van der Waals surface area (Å²) >= 11 is 11.9. The van der Waals surface area contributed by atoms with Gasteiger partial charge in [0, 0.05) is 21.8 Å². The van der Waals surface area contributed by atoms with Crippen LogP contribution in [0.15, 0.2) is 18.2 Å². The summed E-state index contributed by atoms with van der Waals surface area (Å²) < 4.78 is 0. The van der Waals surface area contributed by atoms with Crippen molar-refractivity contribution in [2.24, 2.45) is 0 Å². The third-order valence-electron chi connectivity index (χ3n) is 3.28. The molecule has 112 valence electrons. The predicted octanol–water partition coefficient (Wildman–Crippen LogP) is 3.02.